The number of amides is 1. The summed E-state index contributed by atoms with van der Waals surface area (Å²) in [6, 6.07) is 21.2. The molecule has 33 heavy (non-hydrogen) atoms. The molecule has 0 radical (unpaired) electrons. The fourth-order valence-electron chi connectivity index (χ4n) is 3.15. The maximum absolute atomic E-state index is 14.4. The van der Waals surface area contributed by atoms with Crippen LogP contribution in [0, 0.1) is 5.82 Å². The molecule has 0 aliphatic heterocycles. The van der Waals surface area contributed by atoms with Gasteiger partial charge in [-0.05, 0) is 41.5 Å². The Kier molecular flexibility index (Phi) is 6.56. The molecule has 0 saturated heterocycles. The molecular formula is C25H22FN5O2. The molecule has 8 heteroatoms. The van der Waals surface area contributed by atoms with Gasteiger partial charge in [-0.25, -0.2) is 14.4 Å². The van der Waals surface area contributed by atoms with Gasteiger partial charge in [0.2, 0.25) is 0 Å². The van der Waals surface area contributed by atoms with E-state index in [0.29, 0.717) is 30.2 Å². The van der Waals surface area contributed by atoms with E-state index in [1.807, 2.05) is 42.5 Å². The molecule has 0 aliphatic rings. The van der Waals surface area contributed by atoms with Crippen molar-refractivity contribution in [1.29, 1.82) is 0 Å². The van der Waals surface area contributed by atoms with Gasteiger partial charge in [0, 0.05) is 11.3 Å². The number of carbonyl (C=O) groups is 1. The molecule has 0 bridgehead atoms. The van der Waals surface area contributed by atoms with Gasteiger partial charge in [-0.3, -0.25) is 4.79 Å². The highest BCUT2D eigenvalue weighted by Crippen LogP contribution is 2.23. The molecule has 4 aromatic rings. The fourth-order valence-corrected chi connectivity index (χ4v) is 3.15. The summed E-state index contributed by atoms with van der Waals surface area (Å²) < 4.78 is 20.1. The van der Waals surface area contributed by atoms with E-state index in [1.165, 1.54) is 24.4 Å². The van der Waals surface area contributed by atoms with Crippen LogP contribution in [0.2, 0.25) is 0 Å². The number of nitrogens with zero attached hydrogens (tertiary/aromatic N) is 2. The first-order valence-electron chi connectivity index (χ1n) is 10.2. The van der Waals surface area contributed by atoms with Gasteiger partial charge < -0.3 is 21.5 Å². The summed E-state index contributed by atoms with van der Waals surface area (Å²) in [6.45, 7) is 0.949. The van der Waals surface area contributed by atoms with Crippen LogP contribution >= 0.6 is 0 Å². The van der Waals surface area contributed by atoms with E-state index in [-0.39, 0.29) is 17.2 Å². The molecule has 1 aromatic heterocycles. The fraction of sp³-hybridized carbons (Fsp3) is 0.0800. The highest BCUT2D eigenvalue weighted by Gasteiger charge is 2.15. The van der Waals surface area contributed by atoms with Crippen LogP contribution in [-0.4, -0.2) is 15.9 Å². The number of benzene rings is 3. The lowest BCUT2D eigenvalue weighted by Crippen LogP contribution is -2.14. The molecule has 0 saturated carbocycles. The van der Waals surface area contributed by atoms with Crippen molar-refractivity contribution in [3.63, 3.8) is 0 Å². The van der Waals surface area contributed by atoms with Crippen molar-refractivity contribution in [2.75, 3.05) is 16.8 Å². The minimum absolute atomic E-state index is 0.0654. The van der Waals surface area contributed by atoms with Gasteiger partial charge in [-0.1, -0.05) is 42.5 Å². The lowest BCUT2D eigenvalue weighted by atomic mass is 10.1. The Morgan fingerprint density at radius 1 is 0.909 bits per heavy atom. The third-order valence-corrected chi connectivity index (χ3v) is 4.93. The second kappa shape index (κ2) is 9.88. The molecule has 3 aromatic carbocycles. The van der Waals surface area contributed by atoms with Crippen LogP contribution in [0.3, 0.4) is 0 Å². The summed E-state index contributed by atoms with van der Waals surface area (Å²) >= 11 is 0. The number of halogens is 1. The van der Waals surface area contributed by atoms with Crippen LogP contribution in [-0.2, 0) is 18.0 Å². The van der Waals surface area contributed by atoms with Gasteiger partial charge in [0.15, 0.2) is 11.6 Å². The maximum Gasteiger partial charge on any atom is 0.258 e. The number of hydrogen-bond acceptors (Lipinski definition) is 6. The average Bonchev–Trinajstić information content (AvgIpc) is 2.83. The predicted octanol–water partition coefficient (Wildman–Crippen LogP) is 4.42. The molecular weight excluding hydrogens is 421 g/mol. The van der Waals surface area contributed by atoms with E-state index < -0.39 is 11.7 Å². The van der Waals surface area contributed by atoms with Crippen molar-refractivity contribution in [2.45, 2.75) is 13.2 Å². The van der Waals surface area contributed by atoms with Crippen LogP contribution in [0.25, 0.3) is 11.3 Å². The molecule has 0 aliphatic carbocycles. The topological polar surface area (TPSA) is 116 Å². The number of nitrogen functional groups attached to an aromatic ring is 2. The van der Waals surface area contributed by atoms with Crippen LogP contribution in [0.1, 0.15) is 21.5 Å². The van der Waals surface area contributed by atoms with Crippen molar-refractivity contribution in [1.82, 2.24) is 9.97 Å². The molecule has 5 N–H and O–H groups in total. The largest absolute Gasteiger partial charge is 0.381 e. The number of nitrogens with one attached hydrogen (secondary N) is 1. The minimum Gasteiger partial charge on any atom is -0.381 e. The first-order chi connectivity index (χ1) is 16.0. The molecule has 0 atom stereocenters. The smallest absolute Gasteiger partial charge is 0.258 e. The summed E-state index contributed by atoms with van der Waals surface area (Å²) in [7, 11) is 0. The second-order valence-corrected chi connectivity index (χ2v) is 7.35. The molecule has 7 nitrogen and oxygen atoms in total. The summed E-state index contributed by atoms with van der Waals surface area (Å²) in [6.07, 6.45) is 1.42. The molecule has 1 heterocycles. The first-order valence-corrected chi connectivity index (χ1v) is 10.2. The third kappa shape index (κ3) is 5.50. The predicted molar refractivity (Wildman–Crippen MR) is 126 cm³/mol. The Labute approximate surface area is 190 Å². The Bertz CT molecular complexity index is 1260. The number of hydrogen-bond donors (Lipinski definition) is 3. The van der Waals surface area contributed by atoms with Gasteiger partial charge in [0.05, 0.1) is 30.7 Å². The lowest BCUT2D eigenvalue weighted by molar-refractivity contribution is 0.102. The van der Waals surface area contributed by atoms with Crippen LogP contribution in [0.15, 0.2) is 79.0 Å². The van der Waals surface area contributed by atoms with Gasteiger partial charge in [0.1, 0.15) is 5.82 Å². The van der Waals surface area contributed by atoms with Crippen molar-refractivity contribution >= 4 is 23.2 Å². The third-order valence-electron chi connectivity index (χ3n) is 4.93. The van der Waals surface area contributed by atoms with Crippen LogP contribution in [0.5, 0.6) is 0 Å². The van der Waals surface area contributed by atoms with Crippen molar-refractivity contribution in [3.8, 4) is 11.3 Å². The Hall–Kier alpha value is -4.30. The van der Waals surface area contributed by atoms with E-state index in [4.69, 9.17) is 16.2 Å². The molecule has 0 spiro atoms. The lowest BCUT2D eigenvalue weighted by Gasteiger charge is -2.10. The Balaban J connectivity index is 1.41. The van der Waals surface area contributed by atoms with Crippen LogP contribution < -0.4 is 16.8 Å². The van der Waals surface area contributed by atoms with Gasteiger partial charge in [-0.15, -0.1) is 0 Å². The van der Waals surface area contributed by atoms with Crippen LogP contribution in [0.4, 0.5) is 21.7 Å². The van der Waals surface area contributed by atoms with Gasteiger partial charge in [0.25, 0.3) is 5.91 Å². The van der Waals surface area contributed by atoms with Crippen molar-refractivity contribution in [3.05, 3.63) is 102 Å². The van der Waals surface area contributed by atoms with E-state index in [9.17, 15) is 9.18 Å². The zero-order valence-corrected chi connectivity index (χ0v) is 17.7. The quantitative estimate of drug-likeness (QED) is 0.389. The standard InChI is InChI=1S/C25H22FN5O2/c26-21-11-8-18(22-13-29-23(27)24(28)31-22)12-20(21)25(32)30-19-9-6-17(7-10-19)15-33-14-16-4-2-1-3-5-16/h1-13H,14-15H2,(H2,27,29)(H2,28,31)(H,30,32). The normalized spacial score (nSPS) is 10.7. The van der Waals surface area contributed by atoms with Crippen molar-refractivity contribution < 1.29 is 13.9 Å². The van der Waals surface area contributed by atoms with Gasteiger partial charge in [-0.2, -0.15) is 0 Å². The number of nitrogens with two attached hydrogens (primary N) is 2. The van der Waals surface area contributed by atoms with E-state index in [1.54, 1.807) is 12.1 Å². The highest BCUT2D eigenvalue weighted by molar-refractivity contribution is 6.05. The first kappa shape index (κ1) is 21.9. The zero-order chi connectivity index (χ0) is 23.2. The van der Waals surface area contributed by atoms with E-state index in [0.717, 1.165) is 11.1 Å². The molecule has 0 unspecified atom stereocenters. The summed E-state index contributed by atoms with van der Waals surface area (Å²) in [5, 5.41) is 2.71. The Morgan fingerprint density at radius 3 is 2.30 bits per heavy atom. The summed E-state index contributed by atoms with van der Waals surface area (Å²) in [5.74, 6) is -1.07. The number of aromatic nitrogens is 2. The highest BCUT2D eigenvalue weighted by atomic mass is 19.1. The van der Waals surface area contributed by atoms with E-state index in [2.05, 4.69) is 15.3 Å². The average molecular weight is 443 g/mol. The summed E-state index contributed by atoms with van der Waals surface area (Å²) in [4.78, 5) is 20.8. The molecule has 1 amide bonds. The van der Waals surface area contributed by atoms with E-state index >= 15 is 0 Å². The monoisotopic (exact) mass is 443 g/mol. The number of ether oxygens (including phenoxy) is 1. The SMILES string of the molecule is Nc1ncc(-c2ccc(F)c(C(=O)Nc3ccc(COCc4ccccc4)cc3)c2)nc1N. The minimum atomic E-state index is -0.654. The Morgan fingerprint density at radius 2 is 1.61 bits per heavy atom. The second-order valence-electron chi connectivity index (χ2n) is 7.35. The number of rotatable bonds is 7. The molecule has 4 rings (SSSR count). The molecule has 166 valence electrons. The number of carbonyl (C=O) groups excluding carboxylic acids is 1. The van der Waals surface area contributed by atoms with Crippen molar-refractivity contribution in [2.24, 2.45) is 0 Å². The summed E-state index contributed by atoms with van der Waals surface area (Å²) in [5.41, 5.74) is 14.6. The zero-order valence-electron chi connectivity index (χ0n) is 17.7. The maximum atomic E-state index is 14.4. The van der Waals surface area contributed by atoms with Gasteiger partial charge >= 0.3 is 0 Å². The number of anilines is 3. The molecule has 0 fully saturated rings.